The second kappa shape index (κ2) is 8.54. The molecule has 0 N–H and O–H groups in total. The summed E-state index contributed by atoms with van der Waals surface area (Å²) in [5.41, 5.74) is 3.65. The van der Waals surface area contributed by atoms with E-state index >= 15 is 0 Å². The largest absolute Gasteiger partial charge is 0.495 e. The molecule has 0 aliphatic heterocycles. The lowest BCUT2D eigenvalue weighted by Gasteiger charge is -2.10. The molecule has 0 aliphatic carbocycles. The highest BCUT2D eigenvalue weighted by Crippen LogP contribution is 2.29. The van der Waals surface area contributed by atoms with Crippen LogP contribution in [-0.2, 0) is 6.54 Å². The number of imidazole rings is 1. The van der Waals surface area contributed by atoms with Gasteiger partial charge < -0.3 is 9.30 Å². The van der Waals surface area contributed by atoms with Gasteiger partial charge in [0, 0.05) is 23.9 Å². The molecular formula is C21H18N10O3. The number of benzene rings is 2. The quantitative estimate of drug-likeness (QED) is 0.265. The van der Waals surface area contributed by atoms with E-state index in [1.165, 1.54) is 16.8 Å². The molecule has 5 aromatic rings. The van der Waals surface area contributed by atoms with E-state index in [4.69, 9.17) is 4.74 Å². The molecule has 0 aliphatic rings. The van der Waals surface area contributed by atoms with Crippen LogP contribution in [0, 0.1) is 17.0 Å². The number of hydrogen-bond donors (Lipinski definition) is 0. The third kappa shape index (κ3) is 3.97. The number of tetrazole rings is 1. The number of nitro groups is 1. The zero-order valence-electron chi connectivity index (χ0n) is 18.2. The van der Waals surface area contributed by atoms with Gasteiger partial charge in [-0.3, -0.25) is 10.1 Å². The second-order valence-corrected chi connectivity index (χ2v) is 7.39. The first kappa shape index (κ1) is 20.9. The molecule has 0 radical (unpaired) electrons. The zero-order chi connectivity index (χ0) is 23.7. The number of hydrogen-bond acceptors (Lipinski definition) is 9. The van der Waals surface area contributed by atoms with Crippen molar-refractivity contribution < 1.29 is 9.66 Å². The Balaban J connectivity index is 1.40. The first-order chi connectivity index (χ1) is 16.5. The van der Waals surface area contributed by atoms with E-state index in [9.17, 15) is 10.1 Å². The van der Waals surface area contributed by atoms with Crippen molar-refractivity contribution in [2.45, 2.75) is 13.5 Å². The van der Waals surface area contributed by atoms with Crippen LogP contribution < -0.4 is 4.74 Å². The van der Waals surface area contributed by atoms with Gasteiger partial charge in [0.05, 0.1) is 41.6 Å². The van der Waals surface area contributed by atoms with Gasteiger partial charge in [-0.05, 0) is 35.5 Å². The molecule has 170 valence electrons. The third-order valence-corrected chi connectivity index (χ3v) is 5.13. The van der Waals surface area contributed by atoms with Crippen molar-refractivity contribution in [3.05, 3.63) is 82.8 Å². The van der Waals surface area contributed by atoms with Crippen LogP contribution in [0.3, 0.4) is 0 Å². The Morgan fingerprint density at radius 3 is 2.74 bits per heavy atom. The predicted molar refractivity (Wildman–Crippen MR) is 119 cm³/mol. The van der Waals surface area contributed by atoms with E-state index in [-0.39, 0.29) is 12.2 Å². The van der Waals surface area contributed by atoms with Crippen molar-refractivity contribution in [3.63, 3.8) is 0 Å². The fraction of sp³-hybridized carbons (Fsp3) is 0.143. The molecule has 2 aromatic carbocycles. The number of rotatable bonds is 7. The van der Waals surface area contributed by atoms with Crippen molar-refractivity contribution in [1.82, 2.24) is 44.8 Å². The summed E-state index contributed by atoms with van der Waals surface area (Å²) in [4.78, 5) is 14.9. The lowest BCUT2D eigenvalue weighted by molar-refractivity contribution is -0.384. The monoisotopic (exact) mass is 458 g/mol. The molecule has 5 rings (SSSR count). The maximum absolute atomic E-state index is 11.1. The van der Waals surface area contributed by atoms with Gasteiger partial charge in [-0.1, -0.05) is 17.3 Å². The Kier molecular flexibility index (Phi) is 5.26. The van der Waals surface area contributed by atoms with Crippen molar-refractivity contribution >= 4 is 5.69 Å². The van der Waals surface area contributed by atoms with Gasteiger partial charge in [0.2, 0.25) is 0 Å². The highest BCUT2D eigenvalue weighted by molar-refractivity contribution is 5.64. The van der Waals surface area contributed by atoms with Gasteiger partial charge in [0.15, 0.2) is 5.82 Å². The molecule has 3 heterocycles. The first-order valence-electron chi connectivity index (χ1n) is 10.1. The zero-order valence-corrected chi connectivity index (χ0v) is 18.2. The Labute approximate surface area is 192 Å². The Morgan fingerprint density at radius 1 is 1.09 bits per heavy atom. The molecule has 0 saturated heterocycles. The third-order valence-electron chi connectivity index (χ3n) is 5.13. The fourth-order valence-corrected chi connectivity index (χ4v) is 3.50. The Bertz CT molecular complexity index is 1490. The molecule has 0 amide bonds. The number of aryl methyl sites for hydroxylation is 1. The number of methoxy groups -OCH3 is 1. The molecule has 0 spiro atoms. The average Bonchev–Trinajstić information content (AvgIpc) is 3.60. The predicted octanol–water partition coefficient (Wildman–Crippen LogP) is 2.38. The topological polar surface area (TPSA) is 144 Å². The molecule has 0 fully saturated rings. The summed E-state index contributed by atoms with van der Waals surface area (Å²) in [5, 5.41) is 31.2. The van der Waals surface area contributed by atoms with Crippen molar-refractivity contribution in [3.8, 4) is 28.4 Å². The van der Waals surface area contributed by atoms with Gasteiger partial charge in [0.1, 0.15) is 18.0 Å². The van der Waals surface area contributed by atoms with E-state index in [0.717, 1.165) is 16.9 Å². The summed E-state index contributed by atoms with van der Waals surface area (Å²) in [6, 6.07) is 11.8. The van der Waals surface area contributed by atoms with Crippen LogP contribution in [0.5, 0.6) is 5.75 Å². The van der Waals surface area contributed by atoms with Crippen LogP contribution >= 0.6 is 0 Å². The number of non-ortho nitro benzene ring substituents is 1. The first-order valence-corrected chi connectivity index (χ1v) is 10.1. The molecule has 0 unspecified atom stereocenters. The minimum Gasteiger partial charge on any atom is -0.495 e. The molecule has 13 heteroatoms. The van der Waals surface area contributed by atoms with Gasteiger partial charge in [-0.15, -0.1) is 10.2 Å². The average molecular weight is 458 g/mol. The van der Waals surface area contributed by atoms with Gasteiger partial charge in [-0.2, -0.15) is 4.68 Å². The second-order valence-electron chi connectivity index (χ2n) is 7.39. The summed E-state index contributed by atoms with van der Waals surface area (Å²) in [6.07, 6.45) is 5.41. The molecular weight excluding hydrogens is 440 g/mol. The van der Waals surface area contributed by atoms with Gasteiger partial charge >= 0.3 is 0 Å². The lowest BCUT2D eigenvalue weighted by Crippen LogP contribution is -2.09. The number of aromatic nitrogens is 9. The summed E-state index contributed by atoms with van der Waals surface area (Å²) in [6.45, 7) is 2.14. The Morgan fingerprint density at radius 2 is 1.97 bits per heavy atom. The number of nitro benzene ring substituents is 1. The van der Waals surface area contributed by atoms with Crippen molar-refractivity contribution in [2.24, 2.45) is 0 Å². The van der Waals surface area contributed by atoms with Crippen LogP contribution in [0.1, 0.15) is 11.5 Å². The molecule has 0 saturated carbocycles. The SMILES string of the molecule is COc1cc(-c2cn(Cc3nnnn3-c3cccc([N+](=O)[O-])c3)nn2)ccc1-n1cnc(C)c1. The van der Waals surface area contributed by atoms with E-state index in [1.54, 1.807) is 36.4 Å². The van der Waals surface area contributed by atoms with E-state index in [0.29, 0.717) is 23.0 Å². The van der Waals surface area contributed by atoms with Crippen LogP contribution in [0.25, 0.3) is 22.6 Å². The summed E-state index contributed by atoms with van der Waals surface area (Å²) in [5.74, 6) is 1.11. The number of ether oxygens (including phenoxy) is 1. The highest BCUT2D eigenvalue weighted by Gasteiger charge is 2.15. The summed E-state index contributed by atoms with van der Waals surface area (Å²) in [7, 11) is 1.61. The Hall–Kier alpha value is -4.94. The molecule has 3 aromatic heterocycles. The van der Waals surface area contributed by atoms with Crippen molar-refractivity contribution in [1.29, 1.82) is 0 Å². The standard InChI is InChI=1S/C21H18N10O3/c1-14-10-28(13-22-14)19-7-6-15(8-20(19)34-2)18-11-29(26-23-18)12-21-24-25-27-30(21)16-4-3-5-17(9-16)31(32)33/h3-11,13H,12H2,1-2H3. The summed E-state index contributed by atoms with van der Waals surface area (Å²) >= 11 is 0. The maximum Gasteiger partial charge on any atom is 0.271 e. The van der Waals surface area contributed by atoms with Crippen LogP contribution in [0.15, 0.2) is 61.2 Å². The molecule has 0 atom stereocenters. The minimum atomic E-state index is -0.468. The summed E-state index contributed by atoms with van der Waals surface area (Å²) < 4.78 is 10.5. The fourth-order valence-electron chi connectivity index (χ4n) is 3.50. The van der Waals surface area contributed by atoms with E-state index in [1.807, 2.05) is 35.9 Å². The highest BCUT2D eigenvalue weighted by atomic mass is 16.6. The normalized spacial score (nSPS) is 11.0. The molecule has 13 nitrogen and oxygen atoms in total. The van der Waals surface area contributed by atoms with Crippen LogP contribution in [0.2, 0.25) is 0 Å². The van der Waals surface area contributed by atoms with Crippen molar-refractivity contribution in [2.75, 3.05) is 7.11 Å². The van der Waals surface area contributed by atoms with Gasteiger partial charge in [0.25, 0.3) is 5.69 Å². The lowest BCUT2D eigenvalue weighted by atomic mass is 10.1. The van der Waals surface area contributed by atoms with E-state index in [2.05, 4.69) is 30.8 Å². The van der Waals surface area contributed by atoms with Gasteiger partial charge in [-0.25, -0.2) is 9.67 Å². The molecule has 0 bridgehead atoms. The smallest absolute Gasteiger partial charge is 0.271 e. The number of nitrogens with zero attached hydrogens (tertiary/aromatic N) is 10. The maximum atomic E-state index is 11.1. The molecule has 34 heavy (non-hydrogen) atoms. The van der Waals surface area contributed by atoms with E-state index < -0.39 is 4.92 Å². The minimum absolute atomic E-state index is 0.0507. The van der Waals surface area contributed by atoms with Crippen LogP contribution in [0.4, 0.5) is 5.69 Å². The van der Waals surface area contributed by atoms with Crippen LogP contribution in [-0.4, -0.2) is 56.8 Å².